The number of urea groups is 1. The van der Waals surface area contributed by atoms with Crippen LogP contribution in [0.3, 0.4) is 0 Å². The monoisotopic (exact) mass is 231 g/mol. The van der Waals surface area contributed by atoms with Crippen LogP contribution in [-0.4, -0.2) is 68.3 Å². The molecule has 1 rings (SSSR count). The number of carbonyl (C=O) groups excluding carboxylic acids is 1. The van der Waals surface area contributed by atoms with Gasteiger partial charge >= 0.3 is 6.03 Å². The molecule has 0 bridgehead atoms. The van der Waals surface area contributed by atoms with Crippen LogP contribution in [0.15, 0.2) is 0 Å². The fourth-order valence-corrected chi connectivity index (χ4v) is 1.81. The highest BCUT2D eigenvalue weighted by molar-refractivity contribution is 5.74. The smallest absolute Gasteiger partial charge is 0.317 e. The van der Waals surface area contributed by atoms with E-state index in [-0.39, 0.29) is 7.46 Å². The van der Waals surface area contributed by atoms with Crippen molar-refractivity contribution in [3.8, 4) is 0 Å². The van der Waals surface area contributed by atoms with E-state index in [0.717, 1.165) is 26.2 Å². The van der Waals surface area contributed by atoms with Gasteiger partial charge in [-0.15, -0.1) is 0 Å². The summed E-state index contributed by atoms with van der Waals surface area (Å²) in [6.07, 6.45) is 0. The fraction of sp³-hybridized carbons (Fsp3) is 0.909. The zero-order valence-corrected chi connectivity index (χ0v) is 10.5. The molecule has 1 aliphatic rings. The van der Waals surface area contributed by atoms with Crippen LogP contribution in [0.2, 0.25) is 0 Å². The van der Waals surface area contributed by atoms with Crippen molar-refractivity contribution in [2.45, 2.75) is 19.9 Å². The Bertz CT molecular complexity index is 219. The number of rotatable bonds is 4. The summed E-state index contributed by atoms with van der Waals surface area (Å²) in [6.45, 7) is 9.10. The number of amides is 2. The Morgan fingerprint density at radius 3 is 2.50 bits per heavy atom. The van der Waals surface area contributed by atoms with Gasteiger partial charge in [0.15, 0.2) is 0 Å². The summed E-state index contributed by atoms with van der Waals surface area (Å²) in [7, 11) is 1.63. The molecule has 0 saturated carbocycles. The summed E-state index contributed by atoms with van der Waals surface area (Å²) in [5.74, 6) is 0. The van der Waals surface area contributed by atoms with Crippen molar-refractivity contribution in [2.75, 3.05) is 46.4 Å². The van der Waals surface area contributed by atoms with Gasteiger partial charge in [-0.2, -0.15) is 0 Å². The predicted octanol–water partition coefficient (Wildman–Crippen LogP) is 0.614. The van der Waals surface area contributed by atoms with Gasteiger partial charge in [0.25, 0.3) is 0 Å². The van der Waals surface area contributed by atoms with Crippen LogP contribution in [-0.2, 0) is 4.74 Å². The molecule has 1 fully saturated rings. The molecule has 96 valence electrons. The molecular formula is C11H25N3O2. The van der Waals surface area contributed by atoms with E-state index < -0.39 is 0 Å². The van der Waals surface area contributed by atoms with E-state index in [9.17, 15) is 4.79 Å². The molecule has 0 aromatic carbocycles. The minimum atomic E-state index is 0. The zero-order chi connectivity index (χ0) is 12.0. The Morgan fingerprint density at radius 2 is 2.00 bits per heavy atom. The first-order valence-electron chi connectivity index (χ1n) is 5.91. The highest BCUT2D eigenvalue weighted by Gasteiger charge is 2.21. The van der Waals surface area contributed by atoms with Crippen molar-refractivity contribution in [1.29, 1.82) is 0 Å². The summed E-state index contributed by atoms with van der Waals surface area (Å²) in [4.78, 5) is 15.9. The minimum absolute atomic E-state index is 0. The first-order valence-corrected chi connectivity index (χ1v) is 5.91. The molecule has 0 spiro atoms. The van der Waals surface area contributed by atoms with E-state index in [1.165, 1.54) is 0 Å². The summed E-state index contributed by atoms with van der Waals surface area (Å²) >= 11 is 0. The highest BCUT2D eigenvalue weighted by atomic mass is 16.5. The molecule has 1 saturated heterocycles. The van der Waals surface area contributed by atoms with E-state index in [1.54, 1.807) is 7.11 Å². The van der Waals surface area contributed by atoms with Crippen molar-refractivity contribution in [1.82, 2.24) is 15.1 Å². The summed E-state index contributed by atoms with van der Waals surface area (Å²) in [5, 5.41) is 2.84. The van der Waals surface area contributed by atoms with Crippen LogP contribution >= 0.6 is 0 Å². The third-order valence-electron chi connectivity index (χ3n) is 2.91. The fourth-order valence-electron chi connectivity index (χ4n) is 1.81. The maximum atomic E-state index is 11.7. The van der Waals surface area contributed by atoms with E-state index in [0.29, 0.717) is 19.2 Å². The lowest BCUT2D eigenvalue weighted by molar-refractivity contribution is 0.117. The third kappa shape index (κ3) is 3.98. The van der Waals surface area contributed by atoms with Crippen molar-refractivity contribution in [3.05, 3.63) is 0 Å². The van der Waals surface area contributed by atoms with E-state index in [4.69, 9.17) is 4.74 Å². The first-order chi connectivity index (χ1) is 7.65. The van der Waals surface area contributed by atoms with Crippen LogP contribution in [0, 0.1) is 0 Å². The predicted molar refractivity (Wildman–Crippen MR) is 65.7 cm³/mol. The van der Waals surface area contributed by atoms with Gasteiger partial charge in [-0.05, 0) is 13.8 Å². The molecule has 5 nitrogen and oxygen atoms in total. The highest BCUT2D eigenvalue weighted by Crippen LogP contribution is 2.05. The second-order valence-corrected chi connectivity index (χ2v) is 4.34. The lowest BCUT2D eigenvalue weighted by atomic mass is 10.2. The third-order valence-corrected chi connectivity index (χ3v) is 2.91. The van der Waals surface area contributed by atoms with Crippen molar-refractivity contribution >= 4 is 6.03 Å². The average molecular weight is 231 g/mol. The Balaban J connectivity index is 0.00000256. The van der Waals surface area contributed by atoms with Gasteiger partial charge in [-0.25, -0.2) is 4.79 Å². The standard InChI is InChI=1S/C11H23N3O2.H2/c1-10(2)13-5-7-14(8-6-13)11(15)12-4-9-16-3;/h10H,4-9H2,1-3H3,(H,12,15);1H. The average Bonchev–Trinajstić information content (AvgIpc) is 2.29. The number of methoxy groups -OCH3 is 1. The number of nitrogens with zero attached hydrogens (tertiary/aromatic N) is 2. The SMILES string of the molecule is COCCNC(=O)N1CCN(C(C)C)CC1.[HH]. The Hall–Kier alpha value is -0.810. The molecule has 5 heteroatoms. The number of hydrogen-bond donors (Lipinski definition) is 1. The van der Waals surface area contributed by atoms with Gasteiger partial charge in [-0.1, -0.05) is 0 Å². The molecule has 2 amide bonds. The van der Waals surface area contributed by atoms with Crippen LogP contribution in [0.5, 0.6) is 0 Å². The Morgan fingerprint density at radius 1 is 1.38 bits per heavy atom. The number of ether oxygens (including phenoxy) is 1. The molecule has 1 heterocycles. The van der Waals surface area contributed by atoms with Gasteiger partial charge in [0.1, 0.15) is 0 Å². The van der Waals surface area contributed by atoms with Crippen LogP contribution in [0.1, 0.15) is 15.3 Å². The van der Waals surface area contributed by atoms with E-state index in [1.807, 2.05) is 4.90 Å². The number of piperazine rings is 1. The largest absolute Gasteiger partial charge is 0.383 e. The molecule has 0 radical (unpaired) electrons. The maximum Gasteiger partial charge on any atom is 0.317 e. The van der Waals surface area contributed by atoms with Crippen molar-refractivity contribution < 1.29 is 11.0 Å². The van der Waals surface area contributed by atoms with E-state index >= 15 is 0 Å². The van der Waals surface area contributed by atoms with Crippen molar-refractivity contribution in [3.63, 3.8) is 0 Å². The van der Waals surface area contributed by atoms with Crippen molar-refractivity contribution in [2.24, 2.45) is 0 Å². The van der Waals surface area contributed by atoms with Gasteiger partial charge in [0, 0.05) is 47.3 Å². The quantitative estimate of drug-likeness (QED) is 0.721. The Kier molecular flexibility index (Phi) is 5.55. The number of nitrogens with one attached hydrogen (secondary N) is 1. The lowest BCUT2D eigenvalue weighted by Gasteiger charge is -2.36. The van der Waals surface area contributed by atoms with Gasteiger partial charge in [-0.3, -0.25) is 4.90 Å². The normalized spacial score (nSPS) is 17.9. The first kappa shape index (κ1) is 13.3. The van der Waals surface area contributed by atoms with Gasteiger partial charge in [0.05, 0.1) is 6.61 Å². The second kappa shape index (κ2) is 6.70. The molecule has 0 aliphatic carbocycles. The molecule has 0 aromatic heterocycles. The van der Waals surface area contributed by atoms with Crippen LogP contribution < -0.4 is 5.32 Å². The molecule has 0 unspecified atom stereocenters. The summed E-state index contributed by atoms with van der Waals surface area (Å²) < 4.78 is 4.89. The van der Waals surface area contributed by atoms with Crippen LogP contribution in [0.25, 0.3) is 0 Å². The number of hydrogen-bond acceptors (Lipinski definition) is 3. The van der Waals surface area contributed by atoms with E-state index in [2.05, 4.69) is 24.1 Å². The number of carbonyl (C=O) groups is 1. The van der Waals surface area contributed by atoms with Gasteiger partial charge < -0.3 is 15.0 Å². The summed E-state index contributed by atoms with van der Waals surface area (Å²) in [6, 6.07) is 0.596. The van der Waals surface area contributed by atoms with Crippen LogP contribution in [0.4, 0.5) is 4.79 Å². The molecule has 1 N–H and O–H groups in total. The molecule has 16 heavy (non-hydrogen) atoms. The topological polar surface area (TPSA) is 44.8 Å². The maximum absolute atomic E-state index is 11.7. The molecule has 1 aliphatic heterocycles. The lowest BCUT2D eigenvalue weighted by Crippen LogP contribution is -2.53. The molecule has 0 aromatic rings. The second-order valence-electron chi connectivity index (χ2n) is 4.34. The molecule has 0 atom stereocenters. The zero-order valence-electron chi connectivity index (χ0n) is 10.5. The Labute approximate surface area is 99.2 Å². The summed E-state index contributed by atoms with van der Waals surface area (Å²) in [5.41, 5.74) is 0. The minimum Gasteiger partial charge on any atom is -0.383 e. The van der Waals surface area contributed by atoms with Gasteiger partial charge in [0.2, 0.25) is 0 Å². The molecular weight excluding hydrogens is 206 g/mol.